The van der Waals surface area contributed by atoms with Gasteiger partial charge in [-0.3, -0.25) is 4.98 Å². The Bertz CT molecular complexity index is 890. The summed E-state index contributed by atoms with van der Waals surface area (Å²) in [6.45, 7) is 0. The Hall–Kier alpha value is -2.57. The number of hydrogen-bond acceptors (Lipinski definition) is 6. The number of aliphatic hydroxyl groups is 1. The van der Waals surface area contributed by atoms with Crippen LogP contribution >= 0.6 is 23.4 Å². The van der Waals surface area contributed by atoms with Gasteiger partial charge in [0.25, 0.3) is 0 Å². The predicted octanol–water partition coefficient (Wildman–Crippen LogP) is 4.54. The van der Waals surface area contributed by atoms with Crippen molar-refractivity contribution in [1.29, 1.82) is 0 Å². The Morgan fingerprint density at radius 1 is 1.28 bits per heavy atom. The molecule has 0 saturated carbocycles. The molecule has 0 aliphatic carbocycles. The fraction of sp³-hybridized carbons (Fsp3) is 0.0556. The van der Waals surface area contributed by atoms with Crippen LogP contribution in [0.5, 0.6) is 0 Å². The number of hydrogen-bond donors (Lipinski definition) is 1. The summed E-state index contributed by atoms with van der Waals surface area (Å²) in [7, 11) is 1.26. The molecule has 0 spiro atoms. The summed E-state index contributed by atoms with van der Waals surface area (Å²) in [6.07, 6.45) is 3.34. The quantitative estimate of drug-likeness (QED) is 0.801. The molecule has 3 rings (SSSR count). The number of thioether (sulfide) groups is 1. The summed E-state index contributed by atoms with van der Waals surface area (Å²) < 4.78 is 4.78. The van der Waals surface area contributed by atoms with Crippen LogP contribution in [0.2, 0.25) is 5.02 Å². The number of aliphatic imine (C=N–C) groups is 1. The zero-order valence-electron chi connectivity index (χ0n) is 13.1. The maximum Gasteiger partial charge on any atom is 0.344 e. The first-order chi connectivity index (χ1) is 12.1. The molecule has 1 aliphatic heterocycles. The summed E-state index contributed by atoms with van der Waals surface area (Å²) in [4.78, 5) is 21.2. The zero-order valence-corrected chi connectivity index (χ0v) is 14.7. The fourth-order valence-corrected chi connectivity index (χ4v) is 3.26. The van der Waals surface area contributed by atoms with Crippen LogP contribution in [0.3, 0.4) is 0 Å². The molecular weight excluding hydrogens is 360 g/mol. The van der Waals surface area contributed by atoms with Crippen molar-refractivity contribution < 1.29 is 14.6 Å². The van der Waals surface area contributed by atoms with Crippen molar-refractivity contribution in [2.24, 2.45) is 4.99 Å². The molecule has 0 fully saturated rings. The molecule has 0 atom stereocenters. The van der Waals surface area contributed by atoms with Gasteiger partial charge in [0.05, 0.1) is 23.4 Å². The van der Waals surface area contributed by atoms with Gasteiger partial charge in [-0.25, -0.2) is 9.79 Å². The molecule has 1 aromatic carbocycles. The number of pyridine rings is 1. The van der Waals surface area contributed by atoms with Crippen molar-refractivity contribution in [3.8, 4) is 0 Å². The van der Waals surface area contributed by atoms with Crippen LogP contribution in [0, 0.1) is 0 Å². The van der Waals surface area contributed by atoms with Crippen molar-refractivity contribution in [1.82, 2.24) is 4.98 Å². The number of benzene rings is 1. The maximum atomic E-state index is 12.1. The predicted molar refractivity (Wildman–Crippen MR) is 100 cm³/mol. The normalized spacial score (nSPS) is 17.4. The fourth-order valence-electron chi connectivity index (χ4n) is 2.12. The number of esters is 1. The van der Waals surface area contributed by atoms with E-state index in [1.54, 1.807) is 48.7 Å². The third-order valence-electron chi connectivity index (χ3n) is 3.30. The summed E-state index contributed by atoms with van der Waals surface area (Å²) in [6, 6.07) is 12.3. The number of methoxy groups -OCH3 is 1. The molecule has 5 nitrogen and oxygen atoms in total. The number of rotatable bonds is 3. The first-order valence-electron chi connectivity index (χ1n) is 7.25. The Kier molecular flexibility index (Phi) is 5.21. The molecule has 1 aliphatic rings. The third-order valence-corrected chi connectivity index (χ3v) is 4.58. The summed E-state index contributed by atoms with van der Waals surface area (Å²) >= 11 is 7.05. The Morgan fingerprint density at radius 2 is 2.04 bits per heavy atom. The second kappa shape index (κ2) is 7.55. The van der Waals surface area contributed by atoms with Gasteiger partial charge >= 0.3 is 5.97 Å². The number of halogens is 1. The highest BCUT2D eigenvalue weighted by atomic mass is 35.5. The topological polar surface area (TPSA) is 71.8 Å². The molecule has 2 aromatic rings. The number of aromatic nitrogens is 1. The lowest BCUT2D eigenvalue weighted by Crippen LogP contribution is -2.10. The minimum Gasteiger partial charge on any atom is -0.506 e. The van der Waals surface area contributed by atoms with Crippen molar-refractivity contribution in [2.45, 2.75) is 0 Å². The van der Waals surface area contributed by atoms with Crippen LogP contribution < -0.4 is 0 Å². The van der Waals surface area contributed by atoms with E-state index in [-0.39, 0.29) is 11.3 Å². The number of carbonyl (C=O) groups is 1. The molecule has 25 heavy (non-hydrogen) atoms. The van der Waals surface area contributed by atoms with E-state index in [1.165, 1.54) is 18.9 Å². The third kappa shape index (κ3) is 3.92. The molecular formula is C18H13ClN2O3S. The largest absolute Gasteiger partial charge is 0.506 e. The molecule has 1 N–H and O–H groups in total. The first kappa shape index (κ1) is 17.3. The average molecular weight is 373 g/mol. The van der Waals surface area contributed by atoms with Crippen LogP contribution in [-0.2, 0) is 9.53 Å². The smallest absolute Gasteiger partial charge is 0.344 e. The molecule has 0 bridgehead atoms. The monoisotopic (exact) mass is 372 g/mol. The van der Waals surface area contributed by atoms with Crippen LogP contribution in [0.25, 0.3) is 6.08 Å². The number of nitrogens with zero attached hydrogens (tertiary/aromatic N) is 2. The van der Waals surface area contributed by atoms with Gasteiger partial charge in [0, 0.05) is 11.2 Å². The minimum atomic E-state index is -0.651. The number of ether oxygens (including phenoxy) is 1. The number of carbonyl (C=O) groups excluding carboxylic acids is 1. The van der Waals surface area contributed by atoms with Gasteiger partial charge in [-0.05, 0) is 42.5 Å². The SMILES string of the molecule is COC(=O)C1=C(O)/C(=C\c2ccccn2)SC1=Nc1ccc(Cl)cc1. The van der Waals surface area contributed by atoms with E-state index in [2.05, 4.69) is 9.98 Å². The van der Waals surface area contributed by atoms with E-state index in [9.17, 15) is 9.90 Å². The van der Waals surface area contributed by atoms with Gasteiger partial charge in [-0.2, -0.15) is 0 Å². The molecule has 0 saturated heterocycles. The lowest BCUT2D eigenvalue weighted by atomic mass is 10.2. The second-order valence-electron chi connectivity index (χ2n) is 4.97. The zero-order chi connectivity index (χ0) is 17.8. The van der Waals surface area contributed by atoms with Crippen LogP contribution in [0.15, 0.2) is 69.9 Å². The minimum absolute atomic E-state index is 0.0321. The Labute approximate surface area is 153 Å². The average Bonchev–Trinajstić information content (AvgIpc) is 2.92. The van der Waals surface area contributed by atoms with Gasteiger partial charge in [-0.15, -0.1) is 0 Å². The molecule has 7 heteroatoms. The summed E-state index contributed by atoms with van der Waals surface area (Å²) in [5.74, 6) is -0.822. The highest BCUT2D eigenvalue weighted by Crippen LogP contribution is 2.40. The summed E-state index contributed by atoms with van der Waals surface area (Å²) in [5, 5.41) is 11.4. The molecule has 1 aromatic heterocycles. The van der Waals surface area contributed by atoms with Crippen molar-refractivity contribution in [2.75, 3.05) is 7.11 Å². The Morgan fingerprint density at radius 3 is 2.68 bits per heavy atom. The van der Waals surface area contributed by atoms with E-state index < -0.39 is 5.97 Å². The highest BCUT2D eigenvalue weighted by molar-refractivity contribution is 8.18. The molecule has 126 valence electrons. The van der Waals surface area contributed by atoms with Gasteiger partial charge in [-0.1, -0.05) is 29.4 Å². The van der Waals surface area contributed by atoms with E-state index in [0.717, 1.165) is 0 Å². The highest BCUT2D eigenvalue weighted by Gasteiger charge is 2.33. The van der Waals surface area contributed by atoms with Gasteiger partial charge in [0.15, 0.2) is 0 Å². The lowest BCUT2D eigenvalue weighted by molar-refractivity contribution is -0.135. The molecule has 2 heterocycles. The van der Waals surface area contributed by atoms with E-state index >= 15 is 0 Å². The van der Waals surface area contributed by atoms with Gasteiger partial charge in [0.2, 0.25) is 0 Å². The second-order valence-corrected chi connectivity index (χ2v) is 6.44. The van der Waals surface area contributed by atoms with Gasteiger partial charge in [0.1, 0.15) is 16.4 Å². The van der Waals surface area contributed by atoms with E-state index in [1.807, 2.05) is 6.07 Å². The molecule has 0 unspecified atom stereocenters. The van der Waals surface area contributed by atoms with Crippen LogP contribution in [-0.4, -0.2) is 28.2 Å². The Balaban J connectivity index is 2.03. The molecule has 0 radical (unpaired) electrons. The van der Waals surface area contributed by atoms with E-state index in [0.29, 0.717) is 26.4 Å². The van der Waals surface area contributed by atoms with Crippen molar-refractivity contribution in [3.63, 3.8) is 0 Å². The number of aliphatic hydroxyl groups excluding tert-OH is 1. The van der Waals surface area contributed by atoms with Crippen molar-refractivity contribution in [3.05, 3.63) is 75.6 Å². The van der Waals surface area contributed by atoms with Crippen LogP contribution in [0.1, 0.15) is 5.69 Å². The standard InChI is InChI=1S/C18H13ClN2O3S/c1-24-18(23)15-16(22)14(10-13-4-2-3-9-20-13)25-17(15)21-12-7-5-11(19)6-8-12/h2-10,22H,1H3/b14-10+,21-17?. The summed E-state index contributed by atoms with van der Waals surface area (Å²) in [5.41, 5.74) is 1.30. The lowest BCUT2D eigenvalue weighted by Gasteiger charge is -2.02. The van der Waals surface area contributed by atoms with E-state index in [4.69, 9.17) is 16.3 Å². The maximum absolute atomic E-state index is 12.1. The molecule has 0 amide bonds. The van der Waals surface area contributed by atoms with Crippen molar-refractivity contribution >= 4 is 46.1 Å². The first-order valence-corrected chi connectivity index (χ1v) is 8.45. The van der Waals surface area contributed by atoms with Crippen LogP contribution in [0.4, 0.5) is 5.69 Å². The van der Waals surface area contributed by atoms with Gasteiger partial charge < -0.3 is 9.84 Å².